The number of aromatic nitrogens is 2. The van der Waals surface area contributed by atoms with Crippen molar-refractivity contribution in [1.82, 2.24) is 9.97 Å². The number of thioether (sulfide) groups is 1. The van der Waals surface area contributed by atoms with Gasteiger partial charge in [-0.1, -0.05) is 23.9 Å². The number of thiophene rings is 1. The summed E-state index contributed by atoms with van der Waals surface area (Å²) in [6.45, 7) is 5.14. The minimum Gasteiger partial charge on any atom is -0.462 e. The zero-order valence-electron chi connectivity index (χ0n) is 17.3. The Bertz CT molecular complexity index is 1130. The molecule has 0 aliphatic rings. The Balaban J connectivity index is 1.52. The van der Waals surface area contributed by atoms with E-state index in [1.165, 1.54) is 23.1 Å². The normalized spacial score (nSPS) is 10.7. The number of ether oxygens (including phenoxy) is 2. The average molecular weight is 460 g/mol. The molecule has 0 spiro atoms. The molecular formula is C21H21N3O5S2. The highest BCUT2D eigenvalue weighted by Gasteiger charge is 2.22. The van der Waals surface area contributed by atoms with Crippen LogP contribution in [0.3, 0.4) is 0 Å². The summed E-state index contributed by atoms with van der Waals surface area (Å²) in [6, 6.07) is 7.43. The number of esters is 2. The van der Waals surface area contributed by atoms with E-state index in [1.807, 2.05) is 31.2 Å². The van der Waals surface area contributed by atoms with E-state index in [1.54, 1.807) is 20.0 Å². The van der Waals surface area contributed by atoms with Crippen molar-refractivity contribution < 1.29 is 23.9 Å². The van der Waals surface area contributed by atoms with E-state index in [4.69, 9.17) is 9.47 Å². The van der Waals surface area contributed by atoms with E-state index in [0.717, 1.165) is 21.5 Å². The minimum absolute atomic E-state index is 0.00834. The molecule has 0 fully saturated rings. The summed E-state index contributed by atoms with van der Waals surface area (Å²) in [6.07, 6.45) is 1.59. The second-order valence-electron chi connectivity index (χ2n) is 6.40. The van der Waals surface area contributed by atoms with Gasteiger partial charge in [0.25, 0.3) is 5.91 Å². The third-order valence-electron chi connectivity index (χ3n) is 4.25. The Kier molecular flexibility index (Phi) is 7.59. The molecule has 31 heavy (non-hydrogen) atoms. The topological polar surface area (TPSA) is 107 Å². The van der Waals surface area contributed by atoms with Gasteiger partial charge in [-0.05, 0) is 38.5 Å². The van der Waals surface area contributed by atoms with Crippen LogP contribution in [0, 0.1) is 13.8 Å². The average Bonchev–Trinajstić information content (AvgIpc) is 3.03. The molecule has 0 aliphatic carbocycles. The number of hydrogen-bond acceptors (Lipinski definition) is 9. The Morgan fingerprint density at radius 2 is 1.87 bits per heavy atom. The fourth-order valence-electron chi connectivity index (χ4n) is 2.66. The minimum atomic E-state index is -0.556. The van der Waals surface area contributed by atoms with Gasteiger partial charge in [0.2, 0.25) is 0 Å². The summed E-state index contributed by atoms with van der Waals surface area (Å²) in [5, 5.41) is 3.60. The van der Waals surface area contributed by atoms with Crippen LogP contribution in [-0.2, 0) is 19.1 Å². The van der Waals surface area contributed by atoms with Gasteiger partial charge in [0, 0.05) is 4.88 Å². The fraction of sp³-hybridized carbons (Fsp3) is 0.286. The third-order valence-corrected chi connectivity index (χ3v) is 6.24. The summed E-state index contributed by atoms with van der Waals surface area (Å²) in [5.41, 5.74) is 2.59. The van der Waals surface area contributed by atoms with Crippen LogP contribution < -0.4 is 5.32 Å². The molecule has 10 heteroatoms. The van der Waals surface area contributed by atoms with Crippen LogP contribution in [0.4, 0.5) is 5.00 Å². The molecule has 162 valence electrons. The number of aryl methyl sites for hydroxylation is 1. The monoisotopic (exact) mass is 459 g/mol. The number of nitrogens with zero attached hydrogens (tertiary/aromatic N) is 2. The van der Waals surface area contributed by atoms with Crippen molar-refractivity contribution in [3.05, 3.63) is 46.5 Å². The number of para-hydroxylation sites is 2. The van der Waals surface area contributed by atoms with Crippen LogP contribution in [0.25, 0.3) is 11.0 Å². The summed E-state index contributed by atoms with van der Waals surface area (Å²) >= 11 is 2.45. The molecule has 2 aromatic heterocycles. The first kappa shape index (κ1) is 22.7. The smallest absolute Gasteiger partial charge is 0.341 e. The molecule has 3 aromatic rings. The van der Waals surface area contributed by atoms with Gasteiger partial charge in [-0.2, -0.15) is 0 Å². The number of fused-ring (bicyclic) bond motifs is 1. The Labute approximate surface area is 187 Å². The number of benzene rings is 1. The lowest BCUT2D eigenvalue weighted by molar-refractivity contribution is -0.144. The zero-order chi connectivity index (χ0) is 22.4. The van der Waals surface area contributed by atoms with Gasteiger partial charge >= 0.3 is 11.9 Å². The molecule has 3 rings (SSSR count). The lowest BCUT2D eigenvalue weighted by Crippen LogP contribution is -2.22. The Hall–Kier alpha value is -2.98. The standard InChI is InChI=1S/C21H21N3O5S2/c1-4-28-21(27)19-12(2)13(3)31-20(19)24-16(25)10-29-18(26)11-30-17-9-22-14-7-5-6-8-15(14)23-17/h5-9H,4,10-11H2,1-3H3,(H,24,25). The zero-order valence-corrected chi connectivity index (χ0v) is 18.9. The Morgan fingerprint density at radius 3 is 2.61 bits per heavy atom. The first-order valence-corrected chi connectivity index (χ1v) is 11.3. The van der Waals surface area contributed by atoms with Crippen LogP contribution in [0.2, 0.25) is 0 Å². The van der Waals surface area contributed by atoms with Gasteiger partial charge in [0.1, 0.15) is 10.0 Å². The molecule has 0 saturated carbocycles. The van der Waals surface area contributed by atoms with Crippen molar-refractivity contribution in [2.75, 3.05) is 24.3 Å². The van der Waals surface area contributed by atoms with Crippen molar-refractivity contribution in [2.45, 2.75) is 25.8 Å². The van der Waals surface area contributed by atoms with Crippen LogP contribution in [-0.4, -0.2) is 46.8 Å². The maximum Gasteiger partial charge on any atom is 0.341 e. The number of carbonyl (C=O) groups excluding carboxylic acids is 3. The molecule has 0 unspecified atom stereocenters. The second kappa shape index (κ2) is 10.4. The molecule has 0 saturated heterocycles. The molecule has 8 nitrogen and oxygen atoms in total. The first-order valence-electron chi connectivity index (χ1n) is 9.46. The van der Waals surface area contributed by atoms with Crippen LogP contribution in [0.5, 0.6) is 0 Å². The number of amides is 1. The maximum atomic E-state index is 12.2. The van der Waals surface area contributed by atoms with E-state index in [0.29, 0.717) is 15.6 Å². The van der Waals surface area contributed by atoms with E-state index in [9.17, 15) is 14.4 Å². The largest absolute Gasteiger partial charge is 0.462 e. The van der Waals surface area contributed by atoms with Gasteiger partial charge in [0.05, 0.1) is 35.2 Å². The molecule has 0 aliphatic heterocycles. The van der Waals surface area contributed by atoms with Crippen molar-refractivity contribution in [3.8, 4) is 0 Å². The summed E-state index contributed by atoms with van der Waals surface area (Å²) in [4.78, 5) is 46.0. The van der Waals surface area contributed by atoms with Gasteiger partial charge in [0.15, 0.2) is 6.61 Å². The van der Waals surface area contributed by atoms with Crippen LogP contribution in [0.15, 0.2) is 35.5 Å². The predicted molar refractivity (Wildman–Crippen MR) is 120 cm³/mol. The SMILES string of the molecule is CCOC(=O)c1c(NC(=O)COC(=O)CSc2cnc3ccccc3n2)sc(C)c1C. The van der Waals surface area contributed by atoms with Gasteiger partial charge in [-0.25, -0.2) is 9.78 Å². The van der Waals surface area contributed by atoms with Crippen molar-refractivity contribution in [1.29, 1.82) is 0 Å². The number of hydrogen-bond donors (Lipinski definition) is 1. The van der Waals surface area contributed by atoms with Gasteiger partial charge in [-0.15, -0.1) is 11.3 Å². The summed E-state index contributed by atoms with van der Waals surface area (Å²) in [7, 11) is 0. The maximum absolute atomic E-state index is 12.2. The summed E-state index contributed by atoms with van der Waals surface area (Å²) in [5.74, 6) is -1.59. The van der Waals surface area contributed by atoms with E-state index in [-0.39, 0.29) is 12.4 Å². The highest BCUT2D eigenvalue weighted by atomic mass is 32.2. The Morgan fingerprint density at radius 1 is 1.13 bits per heavy atom. The molecule has 2 heterocycles. The predicted octanol–water partition coefficient (Wildman–Crippen LogP) is 3.76. The quantitative estimate of drug-likeness (QED) is 0.401. The molecule has 1 aromatic carbocycles. The number of rotatable bonds is 8. The number of anilines is 1. The number of carbonyl (C=O) groups is 3. The number of nitrogens with one attached hydrogen (secondary N) is 1. The second-order valence-corrected chi connectivity index (χ2v) is 8.62. The molecule has 0 atom stereocenters. The van der Waals surface area contributed by atoms with Crippen LogP contribution >= 0.6 is 23.1 Å². The van der Waals surface area contributed by atoms with E-state index in [2.05, 4.69) is 15.3 Å². The van der Waals surface area contributed by atoms with Crippen molar-refractivity contribution in [3.63, 3.8) is 0 Å². The first-order chi connectivity index (χ1) is 14.9. The highest BCUT2D eigenvalue weighted by molar-refractivity contribution is 7.99. The van der Waals surface area contributed by atoms with Crippen molar-refractivity contribution >= 4 is 57.0 Å². The lowest BCUT2D eigenvalue weighted by Gasteiger charge is -2.08. The molecule has 1 N–H and O–H groups in total. The summed E-state index contributed by atoms with van der Waals surface area (Å²) < 4.78 is 10.1. The fourth-order valence-corrected chi connectivity index (χ4v) is 4.36. The van der Waals surface area contributed by atoms with Gasteiger partial charge < -0.3 is 14.8 Å². The van der Waals surface area contributed by atoms with Gasteiger partial charge in [-0.3, -0.25) is 14.6 Å². The third kappa shape index (κ3) is 5.80. The molecular weight excluding hydrogens is 438 g/mol. The molecule has 0 bridgehead atoms. The highest BCUT2D eigenvalue weighted by Crippen LogP contribution is 2.33. The van der Waals surface area contributed by atoms with E-state index >= 15 is 0 Å². The lowest BCUT2D eigenvalue weighted by atomic mass is 10.1. The van der Waals surface area contributed by atoms with Crippen molar-refractivity contribution in [2.24, 2.45) is 0 Å². The molecule has 1 amide bonds. The molecule has 0 radical (unpaired) electrons. The van der Waals surface area contributed by atoms with Crippen LogP contribution in [0.1, 0.15) is 27.7 Å². The van der Waals surface area contributed by atoms with E-state index < -0.39 is 24.5 Å².